The first-order valence-electron chi connectivity index (χ1n) is 17.1. The van der Waals surface area contributed by atoms with E-state index in [0.29, 0.717) is 17.5 Å². The van der Waals surface area contributed by atoms with Crippen molar-refractivity contribution in [2.45, 2.75) is 0 Å². The minimum atomic E-state index is 0.601. The van der Waals surface area contributed by atoms with E-state index in [1.807, 2.05) is 36.4 Å². The third kappa shape index (κ3) is 5.13. The molecule has 2 aromatic heterocycles. The first kappa shape index (κ1) is 29.0. The summed E-state index contributed by atoms with van der Waals surface area (Å²) in [7, 11) is 0. The van der Waals surface area contributed by atoms with Crippen LogP contribution in [-0.2, 0) is 0 Å². The van der Waals surface area contributed by atoms with Crippen LogP contribution in [0.5, 0.6) is 0 Å². The van der Waals surface area contributed by atoms with Gasteiger partial charge in [0.1, 0.15) is 11.2 Å². The average molecular weight is 652 g/mol. The molecule has 4 heteroatoms. The topological polar surface area (TPSA) is 51.8 Å². The lowest BCUT2D eigenvalue weighted by Gasteiger charge is -2.12. The number of para-hydroxylation sites is 1. The number of aromatic nitrogens is 3. The van der Waals surface area contributed by atoms with Gasteiger partial charge in [0.15, 0.2) is 17.5 Å². The van der Waals surface area contributed by atoms with Crippen LogP contribution in [0.1, 0.15) is 0 Å². The van der Waals surface area contributed by atoms with E-state index in [1.54, 1.807) is 0 Å². The van der Waals surface area contributed by atoms with Gasteiger partial charge < -0.3 is 4.42 Å². The fourth-order valence-corrected chi connectivity index (χ4v) is 7.18. The zero-order valence-corrected chi connectivity index (χ0v) is 27.5. The fraction of sp³-hybridized carbons (Fsp3) is 0. The summed E-state index contributed by atoms with van der Waals surface area (Å²) in [6.45, 7) is 0. The Labute approximate surface area is 294 Å². The molecular weight excluding hydrogens is 623 g/mol. The van der Waals surface area contributed by atoms with Crippen molar-refractivity contribution in [3.05, 3.63) is 176 Å². The average Bonchev–Trinajstić information content (AvgIpc) is 3.59. The molecule has 10 rings (SSSR count). The van der Waals surface area contributed by atoms with Crippen LogP contribution < -0.4 is 0 Å². The molecule has 0 unspecified atom stereocenters. The summed E-state index contributed by atoms with van der Waals surface area (Å²) in [6, 6.07) is 61.2. The van der Waals surface area contributed by atoms with Gasteiger partial charge in [-0.2, -0.15) is 0 Å². The van der Waals surface area contributed by atoms with Crippen LogP contribution in [0, 0.1) is 0 Å². The molecule has 4 nitrogen and oxygen atoms in total. The number of rotatable bonds is 5. The highest BCUT2D eigenvalue weighted by Gasteiger charge is 2.19. The number of furan rings is 1. The SMILES string of the molecule is c1ccc(-c2ccc(-c3nc(-c4cccc5cc(-c6ccc7ccccc7c6)ccc45)nc(-c4cccc5oc6ccccc6c45)n3)cc2)cc1. The highest BCUT2D eigenvalue weighted by atomic mass is 16.3. The molecule has 2 heterocycles. The molecule has 0 radical (unpaired) electrons. The number of benzene rings is 8. The first-order chi connectivity index (χ1) is 25.2. The van der Waals surface area contributed by atoms with Crippen molar-refractivity contribution in [2.24, 2.45) is 0 Å². The Morgan fingerprint density at radius 3 is 1.75 bits per heavy atom. The molecule has 0 aliphatic heterocycles. The molecule has 10 aromatic rings. The predicted molar refractivity (Wildman–Crippen MR) is 209 cm³/mol. The van der Waals surface area contributed by atoms with E-state index in [9.17, 15) is 0 Å². The molecule has 0 aliphatic carbocycles. The van der Waals surface area contributed by atoms with Crippen molar-refractivity contribution in [3.8, 4) is 56.4 Å². The molecule has 0 bridgehead atoms. The quantitative estimate of drug-likeness (QED) is 0.186. The Kier molecular flexibility index (Phi) is 6.78. The standard InChI is InChI=1S/C47H29N3O/c1-2-10-30(11-3-1)32-20-23-33(24-21-32)45-48-46(50-47(49-45)41-17-9-19-43-44(41)40-15-6-7-18-42(40)51-43)39-16-8-14-37-29-36(26-27-38(37)39)35-25-22-31-12-4-5-13-34(31)28-35/h1-29H. The molecule has 0 aliphatic rings. The van der Waals surface area contributed by atoms with E-state index in [1.165, 1.54) is 27.5 Å². The monoisotopic (exact) mass is 651 g/mol. The second-order valence-corrected chi connectivity index (χ2v) is 12.8. The van der Waals surface area contributed by atoms with Gasteiger partial charge in [-0.25, -0.2) is 15.0 Å². The second-order valence-electron chi connectivity index (χ2n) is 12.8. The third-order valence-electron chi connectivity index (χ3n) is 9.73. The van der Waals surface area contributed by atoms with Gasteiger partial charge in [-0.1, -0.05) is 152 Å². The molecule has 0 spiro atoms. The Balaban J connectivity index is 1.15. The van der Waals surface area contributed by atoms with Gasteiger partial charge in [0.05, 0.1) is 0 Å². The summed E-state index contributed by atoms with van der Waals surface area (Å²) < 4.78 is 6.26. The summed E-state index contributed by atoms with van der Waals surface area (Å²) in [6.07, 6.45) is 0. The van der Waals surface area contributed by atoms with Gasteiger partial charge in [-0.15, -0.1) is 0 Å². The van der Waals surface area contributed by atoms with Crippen LogP contribution in [0.4, 0.5) is 0 Å². The molecule has 0 atom stereocenters. The zero-order chi connectivity index (χ0) is 33.7. The highest BCUT2D eigenvalue weighted by molar-refractivity contribution is 6.12. The normalized spacial score (nSPS) is 11.5. The summed E-state index contributed by atoms with van der Waals surface area (Å²) >= 11 is 0. The minimum Gasteiger partial charge on any atom is -0.456 e. The van der Waals surface area contributed by atoms with E-state index < -0.39 is 0 Å². The molecule has 0 fully saturated rings. The number of hydrogen-bond donors (Lipinski definition) is 0. The molecule has 51 heavy (non-hydrogen) atoms. The van der Waals surface area contributed by atoms with Crippen LogP contribution >= 0.6 is 0 Å². The van der Waals surface area contributed by atoms with E-state index in [2.05, 4.69) is 140 Å². The summed E-state index contributed by atoms with van der Waals surface area (Å²) in [5.41, 5.74) is 9.07. The van der Waals surface area contributed by atoms with Crippen LogP contribution in [-0.4, -0.2) is 15.0 Å². The van der Waals surface area contributed by atoms with Crippen molar-refractivity contribution in [3.63, 3.8) is 0 Å². The van der Waals surface area contributed by atoms with Crippen molar-refractivity contribution < 1.29 is 4.42 Å². The molecule has 0 saturated heterocycles. The van der Waals surface area contributed by atoms with Crippen molar-refractivity contribution in [1.82, 2.24) is 15.0 Å². The Morgan fingerprint density at radius 2 is 0.882 bits per heavy atom. The van der Waals surface area contributed by atoms with Crippen molar-refractivity contribution in [1.29, 1.82) is 0 Å². The van der Waals surface area contributed by atoms with Gasteiger partial charge in [0.25, 0.3) is 0 Å². The van der Waals surface area contributed by atoms with E-state index in [0.717, 1.165) is 55.0 Å². The highest BCUT2D eigenvalue weighted by Crippen LogP contribution is 2.38. The van der Waals surface area contributed by atoms with Crippen molar-refractivity contribution in [2.75, 3.05) is 0 Å². The van der Waals surface area contributed by atoms with Gasteiger partial charge in [0.2, 0.25) is 0 Å². The number of nitrogens with zero attached hydrogens (tertiary/aromatic N) is 3. The van der Waals surface area contributed by atoms with Crippen LogP contribution in [0.3, 0.4) is 0 Å². The van der Waals surface area contributed by atoms with Gasteiger partial charge >= 0.3 is 0 Å². The molecule has 238 valence electrons. The molecule has 0 amide bonds. The maximum Gasteiger partial charge on any atom is 0.164 e. The lowest BCUT2D eigenvalue weighted by atomic mass is 9.96. The first-order valence-corrected chi connectivity index (χ1v) is 17.1. The summed E-state index contributed by atoms with van der Waals surface area (Å²) in [5.74, 6) is 1.84. The lowest BCUT2D eigenvalue weighted by molar-refractivity contribution is 0.669. The minimum absolute atomic E-state index is 0.601. The Bertz CT molecular complexity index is 2910. The smallest absolute Gasteiger partial charge is 0.164 e. The summed E-state index contributed by atoms with van der Waals surface area (Å²) in [5, 5.41) is 6.69. The van der Waals surface area contributed by atoms with E-state index in [-0.39, 0.29) is 0 Å². The van der Waals surface area contributed by atoms with E-state index >= 15 is 0 Å². The number of fused-ring (bicyclic) bond motifs is 5. The Morgan fingerprint density at radius 1 is 0.314 bits per heavy atom. The lowest BCUT2D eigenvalue weighted by Crippen LogP contribution is -2.01. The van der Waals surface area contributed by atoms with Gasteiger partial charge in [-0.3, -0.25) is 0 Å². The van der Waals surface area contributed by atoms with Crippen LogP contribution in [0.2, 0.25) is 0 Å². The number of hydrogen-bond acceptors (Lipinski definition) is 4. The zero-order valence-electron chi connectivity index (χ0n) is 27.5. The van der Waals surface area contributed by atoms with Crippen LogP contribution in [0.25, 0.3) is 99.9 Å². The molecule has 0 N–H and O–H groups in total. The van der Waals surface area contributed by atoms with Crippen LogP contribution in [0.15, 0.2) is 180 Å². The fourth-order valence-electron chi connectivity index (χ4n) is 7.18. The molecule has 8 aromatic carbocycles. The molecule has 0 saturated carbocycles. The maximum absolute atomic E-state index is 6.26. The maximum atomic E-state index is 6.26. The van der Waals surface area contributed by atoms with E-state index in [4.69, 9.17) is 19.4 Å². The summed E-state index contributed by atoms with van der Waals surface area (Å²) in [4.78, 5) is 15.5. The largest absolute Gasteiger partial charge is 0.456 e. The van der Waals surface area contributed by atoms with Gasteiger partial charge in [0, 0.05) is 27.5 Å². The third-order valence-corrected chi connectivity index (χ3v) is 9.73. The second kappa shape index (κ2) is 11.9. The van der Waals surface area contributed by atoms with Crippen molar-refractivity contribution >= 4 is 43.5 Å². The van der Waals surface area contributed by atoms with Gasteiger partial charge in [-0.05, 0) is 68.1 Å². The predicted octanol–water partition coefficient (Wildman–Crippen LogP) is 12.4. The molecular formula is C47H29N3O. The Hall–Kier alpha value is -6.91.